The number of sulfonamides is 1. The standard InChI is InChI=1S/C9H10Cl4N2O2S2/c1-4-5-15(18-9(12,13)7(10)11)19(16,17)8(2,3)6-14/h1,7H,5H2,2-3H3. The molecule has 10 heteroatoms. The number of rotatable bonds is 6. The van der Waals surface area contributed by atoms with Crippen LogP contribution in [0.5, 0.6) is 0 Å². The predicted octanol–water partition coefficient (Wildman–Crippen LogP) is 3.14. The van der Waals surface area contributed by atoms with Crippen LogP contribution < -0.4 is 0 Å². The first-order valence-electron chi connectivity index (χ1n) is 4.64. The normalized spacial score (nSPS) is 13.4. The summed E-state index contributed by atoms with van der Waals surface area (Å²) in [5.41, 5.74) is 0. The highest BCUT2D eigenvalue weighted by Gasteiger charge is 2.45. The lowest BCUT2D eigenvalue weighted by Gasteiger charge is -2.30. The molecule has 0 aliphatic rings. The summed E-state index contributed by atoms with van der Waals surface area (Å²) < 4.78 is 21.7. The van der Waals surface area contributed by atoms with Crippen LogP contribution in [0.25, 0.3) is 0 Å². The molecule has 0 unspecified atom stereocenters. The monoisotopic (exact) mass is 382 g/mol. The van der Waals surface area contributed by atoms with Gasteiger partial charge in [0.2, 0.25) is 13.7 Å². The van der Waals surface area contributed by atoms with Crippen LogP contribution in [-0.2, 0) is 10.0 Å². The summed E-state index contributed by atoms with van der Waals surface area (Å²) in [7, 11) is -4.07. The molecule has 0 aromatic rings. The molecule has 0 aliphatic heterocycles. The SMILES string of the molecule is C#CCN(SC(Cl)(Cl)C(Cl)Cl)S(=O)(=O)C(C)(C)C#N. The predicted molar refractivity (Wildman–Crippen MR) is 81.7 cm³/mol. The molecule has 19 heavy (non-hydrogen) atoms. The van der Waals surface area contributed by atoms with Gasteiger partial charge in [0.05, 0.1) is 12.6 Å². The molecule has 0 spiro atoms. The van der Waals surface area contributed by atoms with Crippen LogP contribution in [0, 0.1) is 23.7 Å². The second-order valence-corrected chi connectivity index (χ2v) is 10.6. The van der Waals surface area contributed by atoms with Crippen molar-refractivity contribution in [3.05, 3.63) is 0 Å². The Kier molecular flexibility index (Phi) is 7.13. The van der Waals surface area contributed by atoms with Gasteiger partial charge < -0.3 is 0 Å². The van der Waals surface area contributed by atoms with Crippen LogP contribution in [0.4, 0.5) is 0 Å². The molecule has 0 rings (SSSR count). The van der Waals surface area contributed by atoms with E-state index >= 15 is 0 Å². The first-order chi connectivity index (χ1) is 8.42. The number of terminal acetylenes is 1. The number of hydrogen-bond acceptors (Lipinski definition) is 4. The molecule has 108 valence electrons. The van der Waals surface area contributed by atoms with Crippen LogP contribution in [0.3, 0.4) is 0 Å². The average molecular weight is 384 g/mol. The van der Waals surface area contributed by atoms with Gasteiger partial charge in [0.1, 0.15) is 0 Å². The van der Waals surface area contributed by atoms with E-state index in [9.17, 15) is 8.42 Å². The van der Waals surface area contributed by atoms with E-state index in [1.807, 2.05) is 0 Å². The quantitative estimate of drug-likeness (QED) is 0.401. The molecular weight excluding hydrogens is 374 g/mol. The van der Waals surface area contributed by atoms with Crippen molar-refractivity contribution in [2.24, 2.45) is 0 Å². The van der Waals surface area contributed by atoms with E-state index < -0.39 is 23.3 Å². The van der Waals surface area contributed by atoms with E-state index in [1.54, 1.807) is 6.07 Å². The Hall–Kier alpha value is 0.470. The van der Waals surface area contributed by atoms with E-state index in [-0.39, 0.29) is 6.54 Å². The average Bonchev–Trinajstić information content (AvgIpc) is 2.27. The first-order valence-corrected chi connectivity index (χ1v) is 8.48. The van der Waals surface area contributed by atoms with E-state index in [4.69, 9.17) is 58.1 Å². The third-order valence-corrected chi connectivity index (χ3v) is 7.76. The Morgan fingerprint density at radius 1 is 1.42 bits per heavy atom. The summed E-state index contributed by atoms with van der Waals surface area (Å²) in [6, 6.07) is 1.67. The second-order valence-electron chi connectivity index (χ2n) is 3.75. The summed E-state index contributed by atoms with van der Waals surface area (Å²) in [5.74, 6) is 2.14. The summed E-state index contributed by atoms with van der Waals surface area (Å²) in [4.78, 5) is -1.26. The molecule has 0 amide bonds. The lowest BCUT2D eigenvalue weighted by atomic mass is 10.2. The summed E-state index contributed by atoms with van der Waals surface area (Å²) in [5, 5.41) is 8.92. The molecule has 0 N–H and O–H groups in total. The Morgan fingerprint density at radius 3 is 2.21 bits per heavy atom. The van der Waals surface area contributed by atoms with Gasteiger partial charge in [-0.15, -0.1) is 33.3 Å². The van der Waals surface area contributed by atoms with Gasteiger partial charge in [-0.05, 0) is 25.8 Å². The molecule has 0 heterocycles. The number of nitriles is 1. The third-order valence-electron chi connectivity index (χ3n) is 1.88. The van der Waals surface area contributed by atoms with Crippen molar-refractivity contribution in [3.63, 3.8) is 0 Å². The van der Waals surface area contributed by atoms with Crippen LogP contribution in [0.1, 0.15) is 13.8 Å². The van der Waals surface area contributed by atoms with Crippen LogP contribution in [0.2, 0.25) is 0 Å². The van der Waals surface area contributed by atoms with Gasteiger partial charge in [0.15, 0.2) is 9.58 Å². The van der Waals surface area contributed by atoms with Crippen LogP contribution in [0.15, 0.2) is 0 Å². The van der Waals surface area contributed by atoms with Gasteiger partial charge in [-0.3, -0.25) is 0 Å². The molecule has 4 nitrogen and oxygen atoms in total. The molecule has 0 aliphatic carbocycles. The van der Waals surface area contributed by atoms with Crippen molar-refractivity contribution in [2.75, 3.05) is 6.54 Å². The summed E-state index contributed by atoms with van der Waals surface area (Å²) >= 11 is 23.2. The Bertz CT molecular complexity index is 505. The zero-order valence-electron chi connectivity index (χ0n) is 9.90. The molecule has 0 atom stereocenters. The maximum Gasteiger partial charge on any atom is 0.243 e. The van der Waals surface area contributed by atoms with Crippen molar-refractivity contribution in [2.45, 2.75) is 27.1 Å². The topological polar surface area (TPSA) is 61.2 Å². The fourth-order valence-corrected chi connectivity index (χ4v) is 4.38. The van der Waals surface area contributed by atoms with E-state index in [0.717, 1.165) is 3.71 Å². The van der Waals surface area contributed by atoms with Crippen molar-refractivity contribution in [3.8, 4) is 18.4 Å². The van der Waals surface area contributed by atoms with Crippen molar-refractivity contribution >= 4 is 68.4 Å². The number of alkyl halides is 4. The fraction of sp³-hybridized carbons (Fsp3) is 0.667. The number of nitrogens with zero attached hydrogens (tertiary/aromatic N) is 2. The minimum Gasteiger partial charge on any atom is -0.210 e. The minimum absolute atomic E-state index is 0.334. The largest absolute Gasteiger partial charge is 0.243 e. The lowest BCUT2D eigenvalue weighted by Crippen LogP contribution is -2.42. The fourth-order valence-electron chi connectivity index (χ4n) is 0.729. The van der Waals surface area contributed by atoms with Crippen molar-refractivity contribution < 1.29 is 8.42 Å². The highest BCUT2D eigenvalue weighted by atomic mass is 35.5. The molecule has 0 aromatic heterocycles. The Balaban J connectivity index is 5.51. The molecule has 0 bridgehead atoms. The van der Waals surface area contributed by atoms with Crippen LogP contribution >= 0.6 is 58.4 Å². The molecular formula is C9H10Cl4N2O2S2. The molecule has 0 radical (unpaired) electrons. The molecule has 0 saturated heterocycles. The van der Waals surface area contributed by atoms with Gasteiger partial charge in [-0.2, -0.15) is 5.26 Å². The molecule has 0 fully saturated rings. The van der Waals surface area contributed by atoms with Crippen LogP contribution in [-0.4, -0.2) is 31.9 Å². The van der Waals surface area contributed by atoms with Crippen molar-refractivity contribution in [1.82, 2.24) is 3.71 Å². The van der Waals surface area contributed by atoms with E-state index in [2.05, 4.69) is 5.92 Å². The van der Waals surface area contributed by atoms with Crippen molar-refractivity contribution in [1.29, 1.82) is 5.26 Å². The lowest BCUT2D eigenvalue weighted by molar-refractivity contribution is 0.533. The first kappa shape index (κ1) is 19.5. The Labute approximate surface area is 137 Å². The molecule has 0 aromatic carbocycles. The molecule has 0 saturated carbocycles. The second kappa shape index (κ2) is 6.95. The van der Waals surface area contributed by atoms with E-state index in [0.29, 0.717) is 11.9 Å². The maximum absolute atomic E-state index is 12.3. The Morgan fingerprint density at radius 2 is 1.89 bits per heavy atom. The number of halogens is 4. The number of hydrogen-bond donors (Lipinski definition) is 0. The highest BCUT2D eigenvalue weighted by molar-refractivity contribution is 8.11. The third kappa shape index (κ3) is 4.75. The maximum atomic E-state index is 12.3. The van der Waals surface area contributed by atoms with E-state index in [1.165, 1.54) is 13.8 Å². The zero-order chi connectivity index (χ0) is 15.5. The zero-order valence-corrected chi connectivity index (χ0v) is 14.6. The minimum atomic E-state index is -4.07. The van der Waals surface area contributed by atoms with Gasteiger partial charge in [0.25, 0.3) is 0 Å². The van der Waals surface area contributed by atoms with Gasteiger partial charge >= 0.3 is 0 Å². The highest BCUT2D eigenvalue weighted by Crippen LogP contribution is 2.46. The van der Waals surface area contributed by atoms with Gasteiger partial charge in [0, 0.05) is 0 Å². The van der Waals surface area contributed by atoms with Gasteiger partial charge in [-0.25, -0.2) is 8.42 Å². The van der Waals surface area contributed by atoms with Gasteiger partial charge in [-0.1, -0.05) is 29.1 Å². The summed E-state index contributed by atoms with van der Waals surface area (Å²) in [6.45, 7) is 2.13. The summed E-state index contributed by atoms with van der Waals surface area (Å²) in [6.07, 6.45) is 5.10. The smallest absolute Gasteiger partial charge is 0.210 e.